The molecule has 2 aromatic rings. The van der Waals surface area contributed by atoms with E-state index in [0.29, 0.717) is 16.9 Å². The Balaban J connectivity index is 2.26. The summed E-state index contributed by atoms with van der Waals surface area (Å²) in [7, 11) is 0. The summed E-state index contributed by atoms with van der Waals surface area (Å²) in [6.45, 7) is 2.03. The van der Waals surface area contributed by atoms with Crippen LogP contribution in [-0.2, 0) is 0 Å². The van der Waals surface area contributed by atoms with Crippen molar-refractivity contribution in [1.29, 1.82) is 0 Å². The SMILES string of the molecule is CC(Nc1cccc(C(N)=O)c1N)c1cccc(Br)c1. The molecule has 0 heterocycles. The van der Waals surface area contributed by atoms with Crippen molar-refractivity contribution in [2.45, 2.75) is 13.0 Å². The first-order valence-electron chi connectivity index (χ1n) is 6.19. The van der Waals surface area contributed by atoms with Gasteiger partial charge in [-0.3, -0.25) is 4.79 Å². The number of para-hydroxylation sites is 1. The minimum Gasteiger partial charge on any atom is -0.396 e. The van der Waals surface area contributed by atoms with Crippen LogP contribution in [0.4, 0.5) is 11.4 Å². The van der Waals surface area contributed by atoms with E-state index in [1.54, 1.807) is 12.1 Å². The number of halogens is 1. The first-order valence-corrected chi connectivity index (χ1v) is 6.98. The number of amides is 1. The van der Waals surface area contributed by atoms with Gasteiger partial charge in [0, 0.05) is 10.5 Å². The minimum absolute atomic E-state index is 0.0536. The first kappa shape index (κ1) is 14.4. The molecular formula is C15H16BrN3O. The number of anilines is 2. The summed E-state index contributed by atoms with van der Waals surface area (Å²) >= 11 is 3.45. The van der Waals surface area contributed by atoms with Gasteiger partial charge in [-0.15, -0.1) is 0 Å². The van der Waals surface area contributed by atoms with Crippen molar-refractivity contribution < 1.29 is 4.79 Å². The van der Waals surface area contributed by atoms with E-state index in [0.717, 1.165) is 10.0 Å². The van der Waals surface area contributed by atoms with E-state index in [1.807, 2.05) is 37.3 Å². The Morgan fingerprint density at radius 1 is 1.25 bits per heavy atom. The molecule has 0 fully saturated rings. The van der Waals surface area contributed by atoms with Gasteiger partial charge in [0.05, 0.1) is 16.9 Å². The summed E-state index contributed by atoms with van der Waals surface area (Å²) in [6, 6.07) is 13.3. The Bertz CT molecular complexity index is 643. The van der Waals surface area contributed by atoms with Gasteiger partial charge in [-0.25, -0.2) is 0 Å². The molecule has 20 heavy (non-hydrogen) atoms. The summed E-state index contributed by atoms with van der Waals surface area (Å²) in [4.78, 5) is 11.3. The number of primary amides is 1. The molecule has 2 aromatic carbocycles. The third-order valence-corrected chi connectivity index (χ3v) is 3.59. The molecule has 2 rings (SSSR count). The predicted octanol–water partition coefficient (Wildman–Crippen LogP) is 3.30. The van der Waals surface area contributed by atoms with Gasteiger partial charge in [-0.2, -0.15) is 0 Å². The topological polar surface area (TPSA) is 81.1 Å². The van der Waals surface area contributed by atoms with Gasteiger partial charge in [-0.05, 0) is 36.8 Å². The number of hydrogen-bond acceptors (Lipinski definition) is 3. The lowest BCUT2D eigenvalue weighted by atomic mass is 10.1. The fraction of sp³-hybridized carbons (Fsp3) is 0.133. The van der Waals surface area contributed by atoms with Crippen LogP contribution in [-0.4, -0.2) is 5.91 Å². The number of carbonyl (C=O) groups is 1. The van der Waals surface area contributed by atoms with E-state index in [2.05, 4.69) is 21.2 Å². The van der Waals surface area contributed by atoms with Crippen LogP contribution < -0.4 is 16.8 Å². The second-order valence-electron chi connectivity index (χ2n) is 4.55. The van der Waals surface area contributed by atoms with Crippen molar-refractivity contribution in [1.82, 2.24) is 0 Å². The molecule has 0 aromatic heterocycles. The molecule has 1 unspecified atom stereocenters. The Labute approximate surface area is 126 Å². The molecule has 5 N–H and O–H groups in total. The van der Waals surface area contributed by atoms with Crippen molar-refractivity contribution in [2.75, 3.05) is 11.1 Å². The Hall–Kier alpha value is -2.01. The quantitative estimate of drug-likeness (QED) is 0.751. The second kappa shape index (κ2) is 5.96. The van der Waals surface area contributed by atoms with E-state index in [9.17, 15) is 4.79 Å². The normalized spacial score (nSPS) is 11.9. The molecule has 1 amide bonds. The zero-order valence-electron chi connectivity index (χ0n) is 11.1. The van der Waals surface area contributed by atoms with Crippen LogP contribution >= 0.6 is 15.9 Å². The number of nitrogens with two attached hydrogens (primary N) is 2. The second-order valence-corrected chi connectivity index (χ2v) is 5.47. The lowest BCUT2D eigenvalue weighted by Crippen LogP contribution is -2.15. The summed E-state index contributed by atoms with van der Waals surface area (Å²) in [5.74, 6) is -0.527. The number of carbonyl (C=O) groups excluding carboxylic acids is 1. The smallest absolute Gasteiger partial charge is 0.250 e. The lowest BCUT2D eigenvalue weighted by Gasteiger charge is -2.18. The molecule has 4 nitrogen and oxygen atoms in total. The predicted molar refractivity (Wildman–Crippen MR) is 85.6 cm³/mol. The Kier molecular flexibility index (Phi) is 4.29. The van der Waals surface area contributed by atoms with Gasteiger partial charge >= 0.3 is 0 Å². The lowest BCUT2D eigenvalue weighted by molar-refractivity contribution is 0.100. The van der Waals surface area contributed by atoms with Crippen LogP contribution in [0, 0.1) is 0 Å². The fourth-order valence-electron chi connectivity index (χ4n) is 2.00. The number of nitrogen functional groups attached to an aromatic ring is 1. The first-order chi connectivity index (χ1) is 9.49. The van der Waals surface area contributed by atoms with Gasteiger partial charge in [0.25, 0.3) is 5.91 Å². The maximum atomic E-state index is 11.3. The van der Waals surface area contributed by atoms with Gasteiger partial charge in [0.1, 0.15) is 0 Å². The molecule has 0 aliphatic heterocycles. The average Bonchev–Trinajstić information content (AvgIpc) is 2.40. The van der Waals surface area contributed by atoms with Crippen molar-refractivity contribution in [3.63, 3.8) is 0 Å². The summed E-state index contributed by atoms with van der Waals surface area (Å²) in [5.41, 5.74) is 13.8. The van der Waals surface area contributed by atoms with E-state index in [1.165, 1.54) is 0 Å². The zero-order valence-corrected chi connectivity index (χ0v) is 12.6. The van der Waals surface area contributed by atoms with Gasteiger partial charge in [0.15, 0.2) is 0 Å². The molecule has 0 radical (unpaired) electrons. The highest BCUT2D eigenvalue weighted by Crippen LogP contribution is 2.27. The van der Waals surface area contributed by atoms with E-state index >= 15 is 0 Å². The molecule has 0 spiro atoms. The zero-order chi connectivity index (χ0) is 14.7. The summed E-state index contributed by atoms with van der Waals surface area (Å²) in [6.07, 6.45) is 0. The Morgan fingerprint density at radius 2 is 1.95 bits per heavy atom. The van der Waals surface area contributed by atoms with Crippen LogP contribution in [0.3, 0.4) is 0 Å². The maximum absolute atomic E-state index is 11.3. The third kappa shape index (κ3) is 3.11. The molecule has 0 aliphatic carbocycles. The fourth-order valence-corrected chi connectivity index (χ4v) is 2.42. The summed E-state index contributed by atoms with van der Waals surface area (Å²) < 4.78 is 1.02. The van der Waals surface area contributed by atoms with E-state index in [-0.39, 0.29) is 6.04 Å². The highest BCUT2D eigenvalue weighted by atomic mass is 79.9. The standard InChI is InChI=1S/C15H16BrN3O/c1-9(10-4-2-5-11(16)8-10)19-13-7-3-6-12(14(13)17)15(18)20/h2-9,19H,17H2,1H3,(H2,18,20). The number of hydrogen-bond donors (Lipinski definition) is 3. The van der Waals surface area contributed by atoms with Crippen molar-refractivity contribution >= 4 is 33.2 Å². The van der Waals surface area contributed by atoms with Gasteiger partial charge in [0.2, 0.25) is 0 Å². The van der Waals surface area contributed by atoms with E-state index < -0.39 is 5.91 Å². The molecule has 0 saturated heterocycles. The van der Waals surface area contributed by atoms with Crippen molar-refractivity contribution in [3.05, 3.63) is 58.1 Å². The van der Waals surface area contributed by atoms with Crippen LogP contribution in [0.2, 0.25) is 0 Å². The average molecular weight is 334 g/mol. The molecule has 0 saturated carbocycles. The molecular weight excluding hydrogens is 318 g/mol. The summed E-state index contributed by atoms with van der Waals surface area (Å²) in [5, 5.41) is 3.30. The highest BCUT2D eigenvalue weighted by Gasteiger charge is 2.12. The van der Waals surface area contributed by atoms with Crippen LogP contribution in [0.15, 0.2) is 46.9 Å². The Morgan fingerprint density at radius 3 is 2.60 bits per heavy atom. The molecule has 1 atom stereocenters. The monoisotopic (exact) mass is 333 g/mol. The van der Waals surface area contributed by atoms with Crippen LogP contribution in [0.1, 0.15) is 28.9 Å². The number of rotatable bonds is 4. The molecule has 0 aliphatic rings. The van der Waals surface area contributed by atoms with Gasteiger partial charge < -0.3 is 16.8 Å². The molecule has 104 valence electrons. The number of benzene rings is 2. The van der Waals surface area contributed by atoms with E-state index in [4.69, 9.17) is 11.5 Å². The molecule has 5 heteroatoms. The highest BCUT2D eigenvalue weighted by molar-refractivity contribution is 9.10. The maximum Gasteiger partial charge on any atom is 0.250 e. The van der Waals surface area contributed by atoms with Gasteiger partial charge in [-0.1, -0.05) is 34.1 Å². The third-order valence-electron chi connectivity index (χ3n) is 3.09. The largest absolute Gasteiger partial charge is 0.396 e. The minimum atomic E-state index is -0.527. The molecule has 0 bridgehead atoms. The van der Waals surface area contributed by atoms with Crippen LogP contribution in [0.5, 0.6) is 0 Å². The van der Waals surface area contributed by atoms with Crippen molar-refractivity contribution in [2.24, 2.45) is 5.73 Å². The number of nitrogens with one attached hydrogen (secondary N) is 1. The van der Waals surface area contributed by atoms with Crippen LogP contribution in [0.25, 0.3) is 0 Å². The van der Waals surface area contributed by atoms with Crippen molar-refractivity contribution in [3.8, 4) is 0 Å².